The van der Waals surface area contributed by atoms with Crippen LogP contribution in [0.3, 0.4) is 0 Å². The van der Waals surface area contributed by atoms with Gasteiger partial charge in [0.2, 0.25) is 0 Å². The van der Waals surface area contributed by atoms with E-state index >= 15 is 0 Å². The molecule has 0 aliphatic carbocycles. The van der Waals surface area contributed by atoms with Crippen LogP contribution in [0.25, 0.3) is 10.9 Å². The van der Waals surface area contributed by atoms with Crippen molar-refractivity contribution in [2.75, 3.05) is 5.73 Å². The van der Waals surface area contributed by atoms with Gasteiger partial charge >= 0.3 is 0 Å². The molecule has 3 N–H and O–H groups in total. The topological polar surface area (TPSA) is 51.0 Å². The van der Waals surface area contributed by atoms with Crippen molar-refractivity contribution in [3.8, 4) is 5.75 Å². The van der Waals surface area contributed by atoms with Crippen molar-refractivity contribution in [3.63, 3.8) is 0 Å². The lowest BCUT2D eigenvalue weighted by atomic mass is 10.1. The number of H-pyrrole nitrogens is 1. The third-order valence-electron chi connectivity index (χ3n) is 3.00. The lowest BCUT2D eigenvalue weighted by molar-refractivity contribution is 0.307. The summed E-state index contributed by atoms with van der Waals surface area (Å²) in [6.45, 7) is 0.519. The van der Waals surface area contributed by atoms with Crippen LogP contribution in [0.2, 0.25) is 0 Å². The summed E-state index contributed by atoms with van der Waals surface area (Å²) in [5.74, 6) is 0.849. The van der Waals surface area contributed by atoms with Crippen molar-refractivity contribution in [2.24, 2.45) is 0 Å². The zero-order chi connectivity index (χ0) is 13.2. The Morgan fingerprint density at radius 2 is 1.89 bits per heavy atom. The van der Waals surface area contributed by atoms with E-state index in [1.807, 2.05) is 48.7 Å². The van der Waals surface area contributed by atoms with Crippen molar-refractivity contribution in [1.82, 2.24) is 4.98 Å². The number of halogens is 1. The van der Waals surface area contributed by atoms with Gasteiger partial charge in [-0.3, -0.25) is 0 Å². The number of aromatic nitrogens is 1. The molecule has 0 aliphatic rings. The molecule has 0 bridgehead atoms. The standard InChI is InChI=1S/C15H13BrN2O/c16-11-1-4-13(5-2-11)19-9-10-8-18-15-6-3-12(17)7-14(10)15/h1-8,18H,9,17H2. The summed E-state index contributed by atoms with van der Waals surface area (Å²) in [4.78, 5) is 3.22. The molecule has 0 aliphatic heterocycles. The van der Waals surface area contributed by atoms with Crippen LogP contribution in [0.1, 0.15) is 5.56 Å². The molecule has 1 heterocycles. The number of ether oxygens (including phenoxy) is 1. The molecule has 4 heteroatoms. The fourth-order valence-corrected chi connectivity index (χ4v) is 2.27. The highest BCUT2D eigenvalue weighted by atomic mass is 79.9. The zero-order valence-electron chi connectivity index (χ0n) is 10.2. The van der Waals surface area contributed by atoms with E-state index in [1.54, 1.807) is 0 Å². The Kier molecular flexibility index (Phi) is 3.17. The molecule has 3 nitrogen and oxygen atoms in total. The van der Waals surface area contributed by atoms with Crippen LogP contribution >= 0.6 is 15.9 Å². The van der Waals surface area contributed by atoms with Crippen LogP contribution in [-0.4, -0.2) is 4.98 Å². The maximum absolute atomic E-state index is 5.82. The monoisotopic (exact) mass is 316 g/mol. The maximum Gasteiger partial charge on any atom is 0.119 e. The Hall–Kier alpha value is -1.94. The van der Waals surface area contributed by atoms with Crippen LogP contribution in [-0.2, 0) is 6.61 Å². The molecule has 19 heavy (non-hydrogen) atoms. The lowest BCUT2D eigenvalue weighted by Crippen LogP contribution is -1.94. The second kappa shape index (κ2) is 4.97. The first-order valence-corrected chi connectivity index (χ1v) is 6.75. The van der Waals surface area contributed by atoms with E-state index in [1.165, 1.54) is 0 Å². The minimum atomic E-state index is 0.519. The van der Waals surface area contributed by atoms with Crippen LogP contribution < -0.4 is 10.5 Å². The van der Waals surface area contributed by atoms with Gasteiger partial charge in [0.25, 0.3) is 0 Å². The smallest absolute Gasteiger partial charge is 0.119 e. The summed E-state index contributed by atoms with van der Waals surface area (Å²) >= 11 is 3.40. The Labute approximate surface area is 119 Å². The molecule has 0 atom stereocenters. The fourth-order valence-electron chi connectivity index (χ4n) is 2.01. The average Bonchev–Trinajstić information content (AvgIpc) is 2.80. The van der Waals surface area contributed by atoms with Crippen molar-refractivity contribution in [3.05, 3.63) is 58.7 Å². The predicted octanol–water partition coefficient (Wildman–Crippen LogP) is 4.09. The van der Waals surface area contributed by atoms with Gasteiger partial charge in [-0.25, -0.2) is 0 Å². The number of nitrogens with two attached hydrogens (primary N) is 1. The summed E-state index contributed by atoms with van der Waals surface area (Å²) < 4.78 is 6.81. The molecule has 2 aromatic carbocycles. The van der Waals surface area contributed by atoms with E-state index in [-0.39, 0.29) is 0 Å². The van der Waals surface area contributed by atoms with Gasteiger partial charge in [0.1, 0.15) is 12.4 Å². The summed E-state index contributed by atoms with van der Waals surface area (Å²) in [5.41, 5.74) is 8.75. The molecule has 1 aromatic heterocycles. The second-order valence-corrected chi connectivity index (χ2v) is 5.28. The van der Waals surface area contributed by atoms with Crippen LogP contribution in [0, 0.1) is 0 Å². The molecular weight excluding hydrogens is 304 g/mol. The highest BCUT2D eigenvalue weighted by molar-refractivity contribution is 9.10. The Morgan fingerprint density at radius 1 is 1.11 bits per heavy atom. The first kappa shape index (κ1) is 12.1. The quantitative estimate of drug-likeness (QED) is 0.715. The van der Waals surface area contributed by atoms with E-state index in [4.69, 9.17) is 10.5 Å². The summed E-state index contributed by atoms with van der Waals surface area (Å²) in [7, 11) is 0. The number of aromatic amines is 1. The SMILES string of the molecule is Nc1ccc2[nH]cc(COc3ccc(Br)cc3)c2c1. The number of hydrogen-bond acceptors (Lipinski definition) is 2. The Balaban J connectivity index is 1.81. The van der Waals surface area contributed by atoms with Gasteiger partial charge in [-0.1, -0.05) is 15.9 Å². The van der Waals surface area contributed by atoms with Gasteiger partial charge in [-0.15, -0.1) is 0 Å². The third-order valence-corrected chi connectivity index (χ3v) is 3.53. The van der Waals surface area contributed by atoms with Crippen molar-refractivity contribution >= 4 is 32.5 Å². The first-order valence-electron chi connectivity index (χ1n) is 5.96. The number of nitrogen functional groups attached to an aromatic ring is 1. The third kappa shape index (κ3) is 2.58. The van der Waals surface area contributed by atoms with Crippen molar-refractivity contribution in [2.45, 2.75) is 6.61 Å². The molecule has 3 aromatic rings. The highest BCUT2D eigenvalue weighted by Crippen LogP contribution is 2.23. The van der Waals surface area contributed by atoms with E-state index < -0.39 is 0 Å². The van der Waals surface area contributed by atoms with Gasteiger partial charge in [-0.05, 0) is 42.5 Å². The number of rotatable bonds is 3. The maximum atomic E-state index is 5.82. The van der Waals surface area contributed by atoms with Gasteiger partial charge in [0.05, 0.1) is 0 Å². The van der Waals surface area contributed by atoms with E-state index in [0.717, 1.165) is 32.4 Å². The van der Waals surface area contributed by atoms with E-state index in [0.29, 0.717) is 6.61 Å². The number of anilines is 1. The molecule has 0 amide bonds. The minimum Gasteiger partial charge on any atom is -0.489 e. The molecule has 0 fully saturated rings. The molecule has 0 saturated heterocycles. The number of benzene rings is 2. The predicted molar refractivity (Wildman–Crippen MR) is 81.2 cm³/mol. The largest absolute Gasteiger partial charge is 0.489 e. The van der Waals surface area contributed by atoms with Crippen LogP contribution in [0.4, 0.5) is 5.69 Å². The van der Waals surface area contributed by atoms with Crippen molar-refractivity contribution in [1.29, 1.82) is 0 Å². The van der Waals surface area contributed by atoms with Gasteiger partial charge in [0, 0.05) is 32.8 Å². The number of fused-ring (bicyclic) bond motifs is 1. The first-order chi connectivity index (χ1) is 9.22. The fraction of sp³-hybridized carbons (Fsp3) is 0.0667. The van der Waals surface area contributed by atoms with Crippen molar-refractivity contribution < 1.29 is 4.74 Å². The average molecular weight is 317 g/mol. The number of hydrogen-bond donors (Lipinski definition) is 2. The van der Waals surface area contributed by atoms with Gasteiger partial charge < -0.3 is 15.5 Å². The summed E-state index contributed by atoms with van der Waals surface area (Å²) in [6.07, 6.45) is 1.96. The Bertz CT molecular complexity index is 704. The second-order valence-electron chi connectivity index (χ2n) is 4.36. The molecule has 0 spiro atoms. The molecular formula is C15H13BrN2O. The highest BCUT2D eigenvalue weighted by Gasteiger charge is 2.04. The minimum absolute atomic E-state index is 0.519. The van der Waals surface area contributed by atoms with Crippen LogP contribution in [0.15, 0.2) is 53.1 Å². The van der Waals surface area contributed by atoms with E-state index in [9.17, 15) is 0 Å². The van der Waals surface area contributed by atoms with Gasteiger partial charge in [0.15, 0.2) is 0 Å². The van der Waals surface area contributed by atoms with Gasteiger partial charge in [-0.2, -0.15) is 0 Å². The molecule has 0 radical (unpaired) electrons. The molecule has 3 rings (SSSR count). The molecule has 96 valence electrons. The van der Waals surface area contributed by atoms with Crippen LogP contribution in [0.5, 0.6) is 5.75 Å². The zero-order valence-corrected chi connectivity index (χ0v) is 11.8. The summed E-state index contributed by atoms with van der Waals surface area (Å²) in [6, 6.07) is 13.6. The number of nitrogens with one attached hydrogen (secondary N) is 1. The Morgan fingerprint density at radius 3 is 2.68 bits per heavy atom. The lowest BCUT2D eigenvalue weighted by Gasteiger charge is -2.05. The molecule has 0 saturated carbocycles. The normalized spacial score (nSPS) is 10.8. The van der Waals surface area contributed by atoms with E-state index in [2.05, 4.69) is 20.9 Å². The molecule has 0 unspecified atom stereocenters. The summed E-state index contributed by atoms with van der Waals surface area (Å²) in [5, 5.41) is 1.11.